The van der Waals surface area contributed by atoms with E-state index in [9.17, 15) is 9.59 Å². The molecule has 0 atom stereocenters. The topological polar surface area (TPSA) is 69.2 Å². The number of carbonyl (C=O) groups is 1. The van der Waals surface area contributed by atoms with Gasteiger partial charge in [0.25, 0.3) is 0 Å². The Hall–Kier alpha value is -2.12. The Morgan fingerprint density at radius 3 is 2.52 bits per heavy atom. The molecular weight excluding hydrogens is 370 g/mol. The standard InChI is InChI=1S/C18H25N5O3.ClH/c1-26-18(25)14-23(22-9-3-2-4-17(22)15-24)21-12-10-20(11-13-21)16-5-7-19-8-6-16;/h5-8H,2-4,9-14H2,1H3;1H. The smallest absolute Gasteiger partial charge is 0.323 e. The number of hydrogen-bond donors (Lipinski definition) is 0. The van der Waals surface area contributed by atoms with Gasteiger partial charge in [-0.05, 0) is 31.4 Å². The molecule has 0 bridgehead atoms. The van der Waals surface area contributed by atoms with E-state index in [1.54, 1.807) is 12.4 Å². The van der Waals surface area contributed by atoms with Gasteiger partial charge in [0.05, 0.1) is 7.11 Å². The number of nitrogens with zero attached hydrogens (tertiary/aromatic N) is 5. The van der Waals surface area contributed by atoms with Crippen molar-refractivity contribution in [2.24, 2.45) is 0 Å². The van der Waals surface area contributed by atoms with E-state index in [-0.39, 0.29) is 24.9 Å². The zero-order valence-electron chi connectivity index (χ0n) is 15.5. The third kappa shape index (κ3) is 5.20. The van der Waals surface area contributed by atoms with Gasteiger partial charge in [-0.3, -0.25) is 14.8 Å². The Morgan fingerprint density at radius 1 is 1.19 bits per heavy atom. The summed E-state index contributed by atoms with van der Waals surface area (Å²) in [6.07, 6.45) is 6.24. The van der Waals surface area contributed by atoms with Crippen molar-refractivity contribution in [3.63, 3.8) is 0 Å². The van der Waals surface area contributed by atoms with Gasteiger partial charge >= 0.3 is 5.97 Å². The molecule has 0 aromatic carbocycles. The van der Waals surface area contributed by atoms with E-state index in [2.05, 4.69) is 20.8 Å². The van der Waals surface area contributed by atoms with Gasteiger partial charge in [0.2, 0.25) is 0 Å². The van der Waals surface area contributed by atoms with Crippen LogP contribution in [0.3, 0.4) is 0 Å². The number of methoxy groups -OCH3 is 1. The van der Waals surface area contributed by atoms with Crippen LogP contribution in [0.1, 0.15) is 19.3 Å². The van der Waals surface area contributed by atoms with Crippen molar-refractivity contribution in [1.29, 1.82) is 0 Å². The fourth-order valence-electron chi connectivity index (χ4n) is 3.43. The molecule has 0 amide bonds. The molecule has 2 saturated heterocycles. The summed E-state index contributed by atoms with van der Waals surface area (Å²) < 4.78 is 4.86. The summed E-state index contributed by atoms with van der Waals surface area (Å²) >= 11 is 0. The highest BCUT2D eigenvalue weighted by molar-refractivity contribution is 5.85. The summed E-state index contributed by atoms with van der Waals surface area (Å²) in [5.41, 5.74) is 1.75. The zero-order valence-corrected chi connectivity index (χ0v) is 16.4. The van der Waals surface area contributed by atoms with Crippen molar-refractivity contribution in [3.05, 3.63) is 30.2 Å². The van der Waals surface area contributed by atoms with E-state index in [4.69, 9.17) is 4.74 Å². The molecule has 9 heteroatoms. The second kappa shape index (κ2) is 10.3. The number of carbonyl (C=O) groups excluding carboxylic acids is 2. The number of esters is 1. The third-order valence-electron chi connectivity index (χ3n) is 4.85. The molecule has 0 N–H and O–H groups in total. The minimum absolute atomic E-state index is 0. The number of piperazine rings is 1. The molecule has 0 radical (unpaired) electrons. The molecule has 27 heavy (non-hydrogen) atoms. The van der Waals surface area contributed by atoms with E-state index in [0.29, 0.717) is 18.7 Å². The number of hydrogen-bond acceptors (Lipinski definition) is 8. The van der Waals surface area contributed by atoms with Crippen LogP contribution in [0.5, 0.6) is 0 Å². The van der Waals surface area contributed by atoms with Crippen LogP contribution in [0.25, 0.3) is 0 Å². The first-order valence-corrected chi connectivity index (χ1v) is 8.98. The van der Waals surface area contributed by atoms with Gasteiger partial charge in [-0.25, -0.2) is 9.80 Å². The van der Waals surface area contributed by atoms with Crippen molar-refractivity contribution in [2.75, 3.05) is 51.3 Å². The van der Waals surface area contributed by atoms with Crippen LogP contribution in [0.15, 0.2) is 30.2 Å². The maximum absolute atomic E-state index is 11.9. The van der Waals surface area contributed by atoms with Crippen LogP contribution < -0.4 is 4.90 Å². The van der Waals surface area contributed by atoms with E-state index in [1.807, 2.05) is 22.3 Å². The molecule has 8 nitrogen and oxygen atoms in total. The van der Waals surface area contributed by atoms with Crippen molar-refractivity contribution in [1.82, 2.24) is 20.1 Å². The molecule has 3 heterocycles. The molecule has 1 aromatic heterocycles. The Bertz CT molecular complexity index is 660. The number of rotatable bonds is 5. The number of hydrazine groups is 2. The van der Waals surface area contributed by atoms with Gasteiger partial charge in [-0.15, -0.1) is 17.5 Å². The van der Waals surface area contributed by atoms with Crippen molar-refractivity contribution in [3.8, 4) is 0 Å². The van der Waals surface area contributed by atoms with Gasteiger partial charge in [0, 0.05) is 50.8 Å². The first-order chi connectivity index (χ1) is 12.7. The summed E-state index contributed by atoms with van der Waals surface area (Å²) in [5.74, 6) is 1.73. The van der Waals surface area contributed by atoms with Gasteiger partial charge in [-0.1, -0.05) is 0 Å². The quantitative estimate of drug-likeness (QED) is 0.543. The molecule has 2 aliphatic rings. The molecule has 3 rings (SSSR count). The highest BCUT2D eigenvalue weighted by Crippen LogP contribution is 2.23. The summed E-state index contributed by atoms with van der Waals surface area (Å²) in [6.45, 7) is 3.97. The molecular formula is C18H26ClN5O3. The lowest BCUT2D eigenvalue weighted by atomic mass is 10.1. The second-order valence-electron chi connectivity index (χ2n) is 6.38. The summed E-state index contributed by atoms with van der Waals surface area (Å²) in [6, 6.07) is 4.00. The summed E-state index contributed by atoms with van der Waals surface area (Å²) in [7, 11) is 1.38. The number of ether oxygens (including phenoxy) is 1. The summed E-state index contributed by atoms with van der Waals surface area (Å²) in [5, 5.41) is 5.89. The second-order valence-corrected chi connectivity index (χ2v) is 6.38. The maximum atomic E-state index is 11.9. The average molecular weight is 396 g/mol. The molecule has 1 aromatic rings. The number of pyridine rings is 1. The zero-order chi connectivity index (χ0) is 18.4. The molecule has 2 fully saturated rings. The first-order valence-electron chi connectivity index (χ1n) is 8.98. The van der Waals surface area contributed by atoms with Gasteiger partial charge < -0.3 is 9.64 Å². The largest absolute Gasteiger partial charge is 0.468 e. The van der Waals surface area contributed by atoms with Crippen LogP contribution in [0.4, 0.5) is 5.69 Å². The van der Waals surface area contributed by atoms with E-state index < -0.39 is 0 Å². The molecule has 148 valence electrons. The minimum atomic E-state index is -0.322. The summed E-state index contributed by atoms with van der Waals surface area (Å²) in [4.78, 5) is 29.7. The molecule has 2 aliphatic heterocycles. The van der Waals surface area contributed by atoms with Crippen LogP contribution in [-0.2, 0) is 14.3 Å². The number of halogens is 1. The van der Waals surface area contributed by atoms with Crippen LogP contribution >= 0.6 is 12.4 Å². The van der Waals surface area contributed by atoms with Crippen LogP contribution in [-0.4, -0.2) is 78.4 Å². The molecule has 0 aliphatic carbocycles. The minimum Gasteiger partial charge on any atom is -0.468 e. The molecule has 0 unspecified atom stereocenters. The molecule has 0 saturated carbocycles. The number of aromatic nitrogens is 1. The predicted molar refractivity (Wildman–Crippen MR) is 104 cm³/mol. The fourth-order valence-corrected chi connectivity index (χ4v) is 3.43. The van der Waals surface area contributed by atoms with Crippen molar-refractivity contribution >= 4 is 30.0 Å². The SMILES string of the molecule is COC(=O)CN(N1CCN(c2ccncc2)CC1)N1CCCCC1=C=O.Cl. The van der Waals surface area contributed by atoms with Gasteiger partial charge in [0.1, 0.15) is 18.2 Å². The van der Waals surface area contributed by atoms with Crippen LogP contribution in [0.2, 0.25) is 0 Å². The third-order valence-corrected chi connectivity index (χ3v) is 4.85. The van der Waals surface area contributed by atoms with E-state index in [0.717, 1.165) is 44.7 Å². The number of piperidine rings is 1. The Morgan fingerprint density at radius 2 is 1.89 bits per heavy atom. The molecule has 0 spiro atoms. The lowest BCUT2D eigenvalue weighted by Gasteiger charge is -2.47. The highest BCUT2D eigenvalue weighted by atomic mass is 35.5. The lowest BCUT2D eigenvalue weighted by molar-refractivity contribution is -0.189. The Balaban J connectivity index is 0.00000261. The van der Waals surface area contributed by atoms with Crippen molar-refractivity contribution in [2.45, 2.75) is 19.3 Å². The Kier molecular flexibility index (Phi) is 8.06. The highest BCUT2D eigenvalue weighted by Gasteiger charge is 2.31. The number of anilines is 1. The van der Waals surface area contributed by atoms with E-state index >= 15 is 0 Å². The van der Waals surface area contributed by atoms with Crippen molar-refractivity contribution < 1.29 is 14.3 Å². The average Bonchev–Trinajstić information content (AvgIpc) is 2.72. The lowest BCUT2D eigenvalue weighted by Crippen LogP contribution is -2.61. The van der Waals surface area contributed by atoms with Crippen LogP contribution in [0, 0.1) is 0 Å². The predicted octanol–water partition coefficient (Wildman–Crippen LogP) is 1.13. The maximum Gasteiger partial charge on any atom is 0.323 e. The monoisotopic (exact) mass is 395 g/mol. The van der Waals surface area contributed by atoms with Gasteiger partial charge in [-0.2, -0.15) is 0 Å². The normalized spacial score (nSPS) is 18.1. The van der Waals surface area contributed by atoms with E-state index in [1.165, 1.54) is 7.11 Å². The Labute approximate surface area is 165 Å². The van der Waals surface area contributed by atoms with Gasteiger partial charge in [0.15, 0.2) is 0 Å². The fraction of sp³-hybridized carbons (Fsp3) is 0.556. The first kappa shape index (κ1) is 21.2. The number of allylic oxidation sites excluding steroid dienone is 1.